The monoisotopic (exact) mass is 381 g/mol. The Hall–Kier alpha value is -1.50. The number of guanidine groups is 1. The molecule has 0 spiro atoms. The van der Waals surface area contributed by atoms with Crippen LogP contribution in [-0.2, 0) is 4.74 Å². The van der Waals surface area contributed by atoms with Gasteiger partial charge in [0.05, 0.1) is 6.61 Å². The van der Waals surface area contributed by atoms with Crippen LogP contribution in [0.1, 0.15) is 46.5 Å². The minimum absolute atomic E-state index is 0.193. The molecule has 2 N–H and O–H groups in total. The predicted octanol–water partition coefficient (Wildman–Crippen LogP) is 2.14. The molecule has 1 unspecified atom stereocenters. The molecule has 1 amide bonds. The molecule has 0 aliphatic carbocycles. The van der Waals surface area contributed by atoms with Gasteiger partial charge in [-0.2, -0.15) is 0 Å². The molecule has 7 nitrogen and oxygen atoms in total. The van der Waals surface area contributed by atoms with Gasteiger partial charge in [0.25, 0.3) is 0 Å². The van der Waals surface area contributed by atoms with Gasteiger partial charge in [-0.15, -0.1) is 0 Å². The Balaban J connectivity index is 1.69. The van der Waals surface area contributed by atoms with E-state index < -0.39 is 0 Å². The predicted molar refractivity (Wildman–Crippen MR) is 110 cm³/mol. The maximum Gasteiger partial charge on any atom is 0.409 e. The minimum atomic E-state index is -0.193. The number of carbonyl (C=O) groups excluding carboxylic acids is 1. The van der Waals surface area contributed by atoms with Gasteiger partial charge in [0.2, 0.25) is 0 Å². The Labute approximate surface area is 164 Å². The number of carbonyl (C=O) groups is 1. The van der Waals surface area contributed by atoms with Gasteiger partial charge in [0, 0.05) is 45.8 Å². The van der Waals surface area contributed by atoms with Crippen molar-refractivity contribution in [2.24, 2.45) is 16.8 Å². The molecule has 2 saturated heterocycles. The Morgan fingerprint density at radius 2 is 1.96 bits per heavy atom. The van der Waals surface area contributed by atoms with Gasteiger partial charge in [-0.3, -0.25) is 4.99 Å². The first-order valence-electron chi connectivity index (χ1n) is 10.6. The topological polar surface area (TPSA) is 69.2 Å². The van der Waals surface area contributed by atoms with Crippen molar-refractivity contribution in [3.8, 4) is 0 Å². The van der Waals surface area contributed by atoms with Crippen molar-refractivity contribution in [3.63, 3.8) is 0 Å². The lowest BCUT2D eigenvalue weighted by Gasteiger charge is -2.35. The van der Waals surface area contributed by atoms with E-state index in [0.717, 1.165) is 44.4 Å². The molecule has 2 aliphatic rings. The summed E-state index contributed by atoms with van der Waals surface area (Å²) in [4.78, 5) is 20.6. The third-order valence-corrected chi connectivity index (χ3v) is 5.37. The van der Waals surface area contributed by atoms with Gasteiger partial charge in [0.15, 0.2) is 5.96 Å². The van der Waals surface area contributed by atoms with Gasteiger partial charge in [-0.1, -0.05) is 13.8 Å². The SMILES string of the molecule is CCOC(=O)N1CCC(NC(=NC)NCC2CCCN(CC(C)C)C2)CC1. The number of ether oxygens (including phenoxy) is 1. The molecule has 2 rings (SSSR count). The van der Waals surface area contributed by atoms with Gasteiger partial charge in [-0.25, -0.2) is 4.79 Å². The molecule has 0 bridgehead atoms. The average Bonchev–Trinajstić information content (AvgIpc) is 2.65. The zero-order valence-electron chi connectivity index (χ0n) is 17.7. The van der Waals surface area contributed by atoms with Gasteiger partial charge in [0.1, 0.15) is 0 Å². The van der Waals surface area contributed by atoms with Gasteiger partial charge in [-0.05, 0) is 51.0 Å². The summed E-state index contributed by atoms with van der Waals surface area (Å²) < 4.78 is 5.08. The van der Waals surface area contributed by atoms with Crippen LogP contribution in [0.5, 0.6) is 0 Å². The summed E-state index contributed by atoms with van der Waals surface area (Å²) in [5, 5.41) is 7.05. The second kappa shape index (κ2) is 11.4. The Morgan fingerprint density at radius 3 is 2.59 bits per heavy atom. The number of hydrogen-bond donors (Lipinski definition) is 2. The Bertz CT molecular complexity index is 475. The van der Waals surface area contributed by atoms with Crippen LogP contribution in [0, 0.1) is 11.8 Å². The molecule has 0 aromatic heterocycles. The molecule has 27 heavy (non-hydrogen) atoms. The maximum atomic E-state index is 11.8. The lowest BCUT2D eigenvalue weighted by molar-refractivity contribution is 0.0963. The van der Waals surface area contributed by atoms with E-state index in [0.29, 0.717) is 18.6 Å². The van der Waals surface area contributed by atoms with E-state index in [1.807, 2.05) is 14.0 Å². The van der Waals surface area contributed by atoms with Crippen LogP contribution in [0.4, 0.5) is 4.79 Å². The van der Waals surface area contributed by atoms with Crippen LogP contribution in [0.3, 0.4) is 0 Å². The van der Waals surface area contributed by atoms with Gasteiger partial charge >= 0.3 is 6.09 Å². The lowest BCUT2D eigenvalue weighted by Crippen LogP contribution is -2.51. The van der Waals surface area contributed by atoms with Crippen molar-refractivity contribution in [2.75, 3.05) is 52.9 Å². The highest BCUT2D eigenvalue weighted by Crippen LogP contribution is 2.17. The molecule has 0 saturated carbocycles. The smallest absolute Gasteiger partial charge is 0.409 e. The molecule has 2 aliphatic heterocycles. The third kappa shape index (κ3) is 7.56. The molecule has 2 fully saturated rings. The number of nitrogens with one attached hydrogen (secondary N) is 2. The lowest BCUT2D eigenvalue weighted by atomic mass is 9.97. The second-order valence-corrected chi connectivity index (χ2v) is 8.22. The normalized spacial score (nSPS) is 22.8. The Morgan fingerprint density at radius 1 is 1.22 bits per heavy atom. The number of hydrogen-bond acceptors (Lipinski definition) is 4. The quantitative estimate of drug-likeness (QED) is 0.545. The highest BCUT2D eigenvalue weighted by molar-refractivity contribution is 5.80. The molecule has 156 valence electrons. The fraction of sp³-hybridized carbons (Fsp3) is 0.900. The van der Waals surface area contributed by atoms with E-state index in [2.05, 4.69) is 34.4 Å². The molecular weight excluding hydrogens is 342 g/mol. The highest BCUT2D eigenvalue weighted by atomic mass is 16.6. The first-order valence-corrected chi connectivity index (χ1v) is 10.6. The summed E-state index contributed by atoms with van der Waals surface area (Å²) in [7, 11) is 1.83. The molecular formula is C20H39N5O2. The molecule has 0 radical (unpaired) electrons. The second-order valence-electron chi connectivity index (χ2n) is 8.22. The third-order valence-electron chi connectivity index (χ3n) is 5.37. The summed E-state index contributed by atoms with van der Waals surface area (Å²) in [6.45, 7) is 12.9. The van der Waals surface area contributed by atoms with Crippen LogP contribution in [0.15, 0.2) is 4.99 Å². The summed E-state index contributed by atoms with van der Waals surface area (Å²) in [5.41, 5.74) is 0. The first-order chi connectivity index (χ1) is 13.0. The van der Waals surface area contributed by atoms with Crippen LogP contribution < -0.4 is 10.6 Å². The van der Waals surface area contributed by atoms with E-state index in [9.17, 15) is 4.79 Å². The largest absolute Gasteiger partial charge is 0.450 e. The van der Waals surface area contributed by atoms with E-state index in [-0.39, 0.29) is 6.09 Å². The summed E-state index contributed by atoms with van der Waals surface area (Å²) in [6, 6.07) is 0.352. The number of rotatable bonds is 6. The fourth-order valence-corrected chi connectivity index (χ4v) is 4.05. The summed E-state index contributed by atoms with van der Waals surface area (Å²) in [6.07, 6.45) is 4.23. The van der Waals surface area contributed by atoms with Crippen molar-refractivity contribution < 1.29 is 9.53 Å². The van der Waals surface area contributed by atoms with Crippen LogP contribution in [0.2, 0.25) is 0 Å². The van der Waals surface area contributed by atoms with Crippen LogP contribution in [-0.4, -0.2) is 80.8 Å². The Kier molecular flexibility index (Phi) is 9.18. The number of amides is 1. The number of aliphatic imine (C=N–C) groups is 1. The van der Waals surface area contributed by atoms with Crippen molar-refractivity contribution in [2.45, 2.75) is 52.5 Å². The number of piperidine rings is 2. The molecule has 7 heteroatoms. The van der Waals surface area contributed by atoms with Crippen molar-refractivity contribution in [3.05, 3.63) is 0 Å². The van der Waals surface area contributed by atoms with Crippen molar-refractivity contribution >= 4 is 12.1 Å². The van der Waals surface area contributed by atoms with E-state index in [1.165, 1.54) is 32.5 Å². The average molecular weight is 382 g/mol. The van der Waals surface area contributed by atoms with E-state index in [1.54, 1.807) is 4.90 Å². The minimum Gasteiger partial charge on any atom is -0.450 e. The summed E-state index contributed by atoms with van der Waals surface area (Å²) in [5.74, 6) is 2.29. The standard InChI is InChI=1S/C20H39N5O2/c1-5-27-20(26)25-11-8-18(9-12-25)23-19(21-4)22-13-17-7-6-10-24(15-17)14-16(2)3/h16-18H,5-15H2,1-4H3,(H2,21,22,23). The molecule has 0 aromatic rings. The summed E-state index contributed by atoms with van der Waals surface area (Å²) >= 11 is 0. The van der Waals surface area contributed by atoms with E-state index in [4.69, 9.17) is 4.74 Å². The zero-order valence-corrected chi connectivity index (χ0v) is 17.7. The van der Waals surface area contributed by atoms with Gasteiger partial charge < -0.3 is 25.2 Å². The molecule has 1 atom stereocenters. The maximum absolute atomic E-state index is 11.8. The van der Waals surface area contributed by atoms with Crippen LogP contribution in [0.25, 0.3) is 0 Å². The van der Waals surface area contributed by atoms with E-state index >= 15 is 0 Å². The van der Waals surface area contributed by atoms with Crippen LogP contribution >= 0.6 is 0 Å². The molecule has 0 aromatic carbocycles. The number of likely N-dealkylation sites (tertiary alicyclic amines) is 2. The zero-order chi connectivity index (χ0) is 19.6. The molecule has 2 heterocycles. The van der Waals surface area contributed by atoms with Crippen molar-refractivity contribution in [1.29, 1.82) is 0 Å². The number of nitrogens with zero attached hydrogens (tertiary/aromatic N) is 3. The van der Waals surface area contributed by atoms with Crippen molar-refractivity contribution in [1.82, 2.24) is 20.4 Å². The highest BCUT2D eigenvalue weighted by Gasteiger charge is 2.25. The first kappa shape index (κ1) is 21.8. The fourth-order valence-electron chi connectivity index (χ4n) is 4.05.